The fraction of sp³-hybridized carbons (Fsp3) is 0.381. The topological polar surface area (TPSA) is 81.9 Å². The van der Waals surface area contributed by atoms with Gasteiger partial charge in [0.05, 0.1) is 23.0 Å². The van der Waals surface area contributed by atoms with Gasteiger partial charge in [0.25, 0.3) is 11.6 Å². The summed E-state index contributed by atoms with van der Waals surface area (Å²) in [5.74, 6) is 0.333. The van der Waals surface area contributed by atoms with Crippen LogP contribution in [0.5, 0.6) is 0 Å². The molecule has 0 fully saturated rings. The molecular formula is C21H26N2O5S. The van der Waals surface area contributed by atoms with Crippen molar-refractivity contribution in [3.05, 3.63) is 69.3 Å². The lowest BCUT2D eigenvalue weighted by molar-refractivity contribution is -0.387. The highest BCUT2D eigenvalue weighted by Crippen LogP contribution is 2.32. The van der Waals surface area contributed by atoms with Crippen molar-refractivity contribution >= 4 is 23.4 Å². The number of hydrogen-bond donors (Lipinski definition) is 0. The Morgan fingerprint density at radius 1 is 1.07 bits per heavy atom. The molecule has 29 heavy (non-hydrogen) atoms. The maximum Gasteiger partial charge on any atom is 0.283 e. The third kappa shape index (κ3) is 6.85. The minimum Gasteiger partial charge on any atom is -0.383 e. The van der Waals surface area contributed by atoms with Gasteiger partial charge in [-0.3, -0.25) is 14.9 Å². The first-order chi connectivity index (χ1) is 14.0. The first kappa shape index (κ1) is 22.9. The molecule has 2 aromatic rings. The van der Waals surface area contributed by atoms with Crippen LogP contribution in [-0.2, 0) is 15.2 Å². The number of thioether (sulfide) groups is 1. The second-order valence-corrected chi connectivity index (χ2v) is 7.51. The molecule has 0 aliphatic heterocycles. The molecule has 0 bridgehead atoms. The summed E-state index contributed by atoms with van der Waals surface area (Å²) in [6.07, 6.45) is 0. The van der Waals surface area contributed by atoms with Crippen molar-refractivity contribution in [3.63, 3.8) is 0 Å². The monoisotopic (exact) mass is 418 g/mol. The van der Waals surface area contributed by atoms with Gasteiger partial charge in [0.1, 0.15) is 0 Å². The van der Waals surface area contributed by atoms with Gasteiger partial charge in [0, 0.05) is 44.7 Å². The van der Waals surface area contributed by atoms with Crippen molar-refractivity contribution in [2.24, 2.45) is 0 Å². The quantitative estimate of drug-likeness (QED) is 0.312. The number of nitrogens with zero attached hydrogens (tertiary/aromatic N) is 2. The summed E-state index contributed by atoms with van der Waals surface area (Å²) in [6.45, 7) is 3.54. The van der Waals surface area contributed by atoms with Crippen LogP contribution in [0.25, 0.3) is 0 Å². The van der Waals surface area contributed by atoms with Crippen LogP contribution < -0.4 is 0 Å². The molecule has 0 N–H and O–H groups in total. The van der Waals surface area contributed by atoms with Crippen molar-refractivity contribution in [2.75, 3.05) is 40.5 Å². The number of hydrogen-bond acceptors (Lipinski definition) is 6. The number of carbonyl (C=O) groups excluding carboxylic acids is 1. The summed E-state index contributed by atoms with van der Waals surface area (Å²) in [5.41, 5.74) is 2.47. The Morgan fingerprint density at radius 2 is 1.69 bits per heavy atom. The van der Waals surface area contributed by atoms with Crippen molar-refractivity contribution in [1.29, 1.82) is 0 Å². The van der Waals surface area contributed by atoms with Crippen molar-refractivity contribution in [1.82, 2.24) is 4.90 Å². The number of benzene rings is 2. The average Bonchev–Trinajstić information content (AvgIpc) is 2.73. The first-order valence-electron chi connectivity index (χ1n) is 9.20. The van der Waals surface area contributed by atoms with Gasteiger partial charge in [-0.05, 0) is 24.6 Å². The highest BCUT2D eigenvalue weighted by atomic mass is 32.2. The predicted octanol–water partition coefficient (Wildman–Crippen LogP) is 3.93. The summed E-state index contributed by atoms with van der Waals surface area (Å²) in [4.78, 5) is 26.1. The van der Waals surface area contributed by atoms with Crippen LogP contribution in [0, 0.1) is 17.0 Å². The summed E-state index contributed by atoms with van der Waals surface area (Å²) < 4.78 is 10.1. The van der Waals surface area contributed by atoms with Gasteiger partial charge in [-0.15, -0.1) is 11.8 Å². The molecule has 0 aliphatic rings. The van der Waals surface area contributed by atoms with E-state index in [4.69, 9.17) is 9.47 Å². The van der Waals surface area contributed by atoms with Crippen molar-refractivity contribution in [3.8, 4) is 0 Å². The van der Waals surface area contributed by atoms with E-state index < -0.39 is 4.92 Å². The van der Waals surface area contributed by atoms with Crippen molar-refractivity contribution in [2.45, 2.75) is 17.6 Å². The van der Waals surface area contributed by atoms with Gasteiger partial charge in [-0.2, -0.15) is 0 Å². The lowest BCUT2D eigenvalue weighted by Gasteiger charge is -2.22. The van der Waals surface area contributed by atoms with Crippen molar-refractivity contribution < 1.29 is 19.2 Å². The number of ether oxygens (including phenoxy) is 2. The number of aryl methyl sites for hydroxylation is 1. The highest BCUT2D eigenvalue weighted by molar-refractivity contribution is 7.98. The molecule has 0 heterocycles. The lowest BCUT2D eigenvalue weighted by atomic mass is 10.1. The molecule has 7 nitrogen and oxygen atoms in total. The van der Waals surface area contributed by atoms with Crippen LogP contribution in [0.1, 0.15) is 21.5 Å². The lowest BCUT2D eigenvalue weighted by Crippen LogP contribution is -2.36. The molecule has 8 heteroatoms. The van der Waals surface area contributed by atoms with E-state index >= 15 is 0 Å². The van der Waals surface area contributed by atoms with Crippen LogP contribution in [0.3, 0.4) is 0 Å². The van der Waals surface area contributed by atoms with Crippen LogP contribution >= 0.6 is 11.8 Å². The molecule has 1 amide bonds. The predicted molar refractivity (Wildman–Crippen MR) is 113 cm³/mol. The van der Waals surface area contributed by atoms with Crippen LogP contribution in [0.15, 0.2) is 47.4 Å². The summed E-state index contributed by atoms with van der Waals surface area (Å²) in [6, 6.07) is 12.7. The third-order valence-corrected chi connectivity index (χ3v) is 5.47. The maximum atomic E-state index is 12.8. The van der Waals surface area contributed by atoms with Crippen LogP contribution in [-0.4, -0.2) is 56.3 Å². The SMILES string of the molecule is COCCN(CCOC)C(=O)c1ccc(SCc2ccc(C)cc2)c([N+](=O)[O-])c1. The number of nitro benzene ring substituents is 1. The molecule has 0 aliphatic carbocycles. The Hall–Kier alpha value is -2.42. The van der Waals surface area contributed by atoms with E-state index in [-0.39, 0.29) is 17.2 Å². The Kier molecular flexibility index (Phi) is 9.11. The van der Waals surface area contributed by atoms with Gasteiger partial charge in [0.15, 0.2) is 0 Å². The van der Waals surface area contributed by atoms with E-state index in [0.29, 0.717) is 37.0 Å². The van der Waals surface area contributed by atoms with E-state index in [9.17, 15) is 14.9 Å². The molecule has 2 rings (SSSR count). The third-order valence-electron chi connectivity index (χ3n) is 4.34. The van der Waals surface area contributed by atoms with Crippen LogP contribution in [0.4, 0.5) is 5.69 Å². The van der Waals surface area contributed by atoms with E-state index in [2.05, 4.69) is 0 Å². The number of nitro groups is 1. The minimum absolute atomic E-state index is 0.0635. The Balaban J connectivity index is 2.19. The molecule has 0 aromatic heterocycles. The molecule has 0 radical (unpaired) electrons. The van der Waals surface area contributed by atoms with Gasteiger partial charge in [-0.25, -0.2) is 0 Å². The second kappa shape index (κ2) is 11.5. The number of carbonyl (C=O) groups is 1. The number of methoxy groups -OCH3 is 2. The van der Waals surface area contributed by atoms with E-state index in [1.54, 1.807) is 31.3 Å². The van der Waals surface area contributed by atoms with Gasteiger partial charge in [-0.1, -0.05) is 29.8 Å². The Bertz CT molecular complexity index is 818. The first-order valence-corrected chi connectivity index (χ1v) is 10.2. The normalized spacial score (nSPS) is 10.7. The summed E-state index contributed by atoms with van der Waals surface area (Å²) in [5, 5.41) is 11.6. The highest BCUT2D eigenvalue weighted by Gasteiger charge is 2.21. The Morgan fingerprint density at radius 3 is 2.24 bits per heavy atom. The smallest absolute Gasteiger partial charge is 0.283 e. The Labute approximate surface area is 175 Å². The number of rotatable bonds is 11. The molecule has 2 aromatic carbocycles. The van der Waals surface area contributed by atoms with Gasteiger partial charge in [0.2, 0.25) is 0 Å². The molecule has 0 saturated carbocycles. The molecule has 156 valence electrons. The molecular weight excluding hydrogens is 392 g/mol. The maximum absolute atomic E-state index is 12.8. The largest absolute Gasteiger partial charge is 0.383 e. The van der Waals surface area contributed by atoms with Gasteiger partial charge < -0.3 is 14.4 Å². The second-order valence-electron chi connectivity index (χ2n) is 6.49. The van der Waals surface area contributed by atoms with E-state index in [0.717, 1.165) is 5.56 Å². The molecule has 0 saturated heterocycles. The molecule has 0 unspecified atom stereocenters. The average molecular weight is 419 g/mol. The van der Waals surface area contributed by atoms with Gasteiger partial charge >= 0.3 is 0 Å². The van der Waals surface area contributed by atoms with E-state index in [1.807, 2.05) is 31.2 Å². The zero-order chi connectivity index (χ0) is 21.2. The molecule has 0 spiro atoms. The van der Waals surface area contributed by atoms with Crippen LogP contribution in [0.2, 0.25) is 0 Å². The standard InChI is InChI=1S/C21H26N2O5S/c1-16-4-6-17(7-5-16)15-29-20-9-8-18(14-19(20)23(25)26)21(24)22(10-12-27-2)11-13-28-3/h4-9,14H,10-13,15H2,1-3H3. The zero-order valence-electron chi connectivity index (χ0n) is 16.9. The fourth-order valence-corrected chi connectivity index (χ4v) is 3.62. The molecule has 0 atom stereocenters. The number of amides is 1. The summed E-state index contributed by atoms with van der Waals surface area (Å²) >= 11 is 1.38. The van der Waals surface area contributed by atoms with E-state index in [1.165, 1.54) is 23.4 Å². The summed E-state index contributed by atoms with van der Waals surface area (Å²) in [7, 11) is 3.12. The fourth-order valence-electron chi connectivity index (χ4n) is 2.66. The minimum atomic E-state index is -0.442. The zero-order valence-corrected chi connectivity index (χ0v) is 17.7.